The van der Waals surface area contributed by atoms with Gasteiger partial charge in [-0.15, -0.1) is 0 Å². The summed E-state index contributed by atoms with van der Waals surface area (Å²) in [5.74, 6) is -0.0463. The van der Waals surface area contributed by atoms with Gasteiger partial charge in [-0.05, 0) is 13.3 Å². The van der Waals surface area contributed by atoms with Crippen LogP contribution in [-0.4, -0.2) is 48.8 Å². The zero-order chi connectivity index (χ0) is 11.0. The van der Waals surface area contributed by atoms with Crippen molar-refractivity contribution >= 4 is 5.91 Å². The van der Waals surface area contributed by atoms with Gasteiger partial charge in [0.05, 0.1) is 6.61 Å². The van der Waals surface area contributed by atoms with Gasteiger partial charge in [0.1, 0.15) is 6.10 Å². The quantitative estimate of drug-likeness (QED) is 0.660. The first-order valence-corrected chi connectivity index (χ1v) is 5.09. The van der Waals surface area contributed by atoms with Gasteiger partial charge < -0.3 is 14.7 Å². The minimum absolute atomic E-state index is 0.00584. The summed E-state index contributed by atoms with van der Waals surface area (Å²) in [6.07, 6.45) is 1.58. The Balaban J connectivity index is 4.10. The molecule has 0 aromatic rings. The zero-order valence-corrected chi connectivity index (χ0v) is 9.32. The highest BCUT2D eigenvalue weighted by molar-refractivity contribution is 5.80. The lowest BCUT2D eigenvalue weighted by Gasteiger charge is -2.24. The number of aliphatic hydroxyl groups is 1. The van der Waals surface area contributed by atoms with E-state index in [-0.39, 0.29) is 12.5 Å². The summed E-state index contributed by atoms with van der Waals surface area (Å²) in [6, 6.07) is 0. The molecule has 0 aromatic carbocycles. The number of hydrogen-bond acceptors (Lipinski definition) is 3. The van der Waals surface area contributed by atoms with Crippen LogP contribution in [0.5, 0.6) is 0 Å². The van der Waals surface area contributed by atoms with Crippen LogP contribution in [0.4, 0.5) is 0 Å². The van der Waals surface area contributed by atoms with Gasteiger partial charge in [-0.1, -0.05) is 13.3 Å². The topological polar surface area (TPSA) is 49.8 Å². The molecule has 0 rings (SSSR count). The van der Waals surface area contributed by atoms with Crippen molar-refractivity contribution in [1.82, 2.24) is 4.90 Å². The summed E-state index contributed by atoms with van der Waals surface area (Å²) in [5, 5.41) is 8.80. The van der Waals surface area contributed by atoms with E-state index in [0.717, 1.165) is 12.8 Å². The summed E-state index contributed by atoms with van der Waals surface area (Å²) in [4.78, 5) is 13.3. The Morgan fingerprint density at radius 2 is 2.14 bits per heavy atom. The molecule has 0 saturated carbocycles. The predicted octanol–water partition coefficient (Wildman–Crippen LogP) is 0.642. The minimum atomic E-state index is -0.418. The number of unbranched alkanes of at least 4 members (excludes halogenated alkanes) is 1. The maximum absolute atomic E-state index is 11.7. The number of ether oxygens (including phenoxy) is 1. The number of nitrogens with zero attached hydrogens (tertiary/aromatic N) is 1. The smallest absolute Gasteiger partial charge is 0.251 e. The third-order valence-corrected chi connectivity index (χ3v) is 2.16. The lowest BCUT2D eigenvalue weighted by atomic mass is 10.2. The van der Waals surface area contributed by atoms with Crippen LogP contribution < -0.4 is 0 Å². The van der Waals surface area contributed by atoms with E-state index >= 15 is 0 Å². The van der Waals surface area contributed by atoms with Crippen molar-refractivity contribution in [3.05, 3.63) is 0 Å². The van der Waals surface area contributed by atoms with E-state index in [4.69, 9.17) is 9.84 Å². The average molecular weight is 203 g/mol. The highest BCUT2D eigenvalue weighted by Crippen LogP contribution is 2.01. The zero-order valence-electron chi connectivity index (χ0n) is 9.32. The van der Waals surface area contributed by atoms with Crippen LogP contribution in [-0.2, 0) is 9.53 Å². The van der Waals surface area contributed by atoms with Crippen molar-refractivity contribution < 1.29 is 14.6 Å². The fraction of sp³-hybridized carbons (Fsp3) is 0.900. The summed E-state index contributed by atoms with van der Waals surface area (Å²) >= 11 is 0. The summed E-state index contributed by atoms with van der Waals surface area (Å²) < 4.78 is 4.95. The maximum Gasteiger partial charge on any atom is 0.251 e. The van der Waals surface area contributed by atoms with Crippen LogP contribution in [0.15, 0.2) is 0 Å². The Bertz CT molecular complexity index is 161. The van der Waals surface area contributed by atoms with Gasteiger partial charge in [-0.2, -0.15) is 0 Å². The van der Waals surface area contributed by atoms with Gasteiger partial charge in [0.2, 0.25) is 0 Å². The third kappa shape index (κ3) is 4.58. The van der Waals surface area contributed by atoms with E-state index in [1.165, 1.54) is 7.11 Å². The second-order valence-electron chi connectivity index (χ2n) is 3.28. The van der Waals surface area contributed by atoms with Gasteiger partial charge in [-0.25, -0.2) is 0 Å². The lowest BCUT2D eigenvalue weighted by molar-refractivity contribution is -0.141. The molecule has 0 fully saturated rings. The molecule has 1 unspecified atom stereocenters. The van der Waals surface area contributed by atoms with Crippen molar-refractivity contribution in [2.24, 2.45) is 0 Å². The van der Waals surface area contributed by atoms with Gasteiger partial charge in [-0.3, -0.25) is 4.79 Å². The number of rotatable bonds is 7. The van der Waals surface area contributed by atoms with Gasteiger partial charge in [0.15, 0.2) is 0 Å². The molecule has 0 spiro atoms. The van der Waals surface area contributed by atoms with Crippen molar-refractivity contribution in [1.29, 1.82) is 0 Å². The lowest BCUT2D eigenvalue weighted by Crippen LogP contribution is -2.40. The molecule has 0 radical (unpaired) electrons. The molecule has 0 aliphatic heterocycles. The maximum atomic E-state index is 11.7. The van der Waals surface area contributed by atoms with Crippen LogP contribution in [0.1, 0.15) is 26.7 Å². The Hall–Kier alpha value is -0.610. The molecule has 84 valence electrons. The van der Waals surface area contributed by atoms with E-state index < -0.39 is 6.10 Å². The van der Waals surface area contributed by atoms with E-state index in [9.17, 15) is 4.79 Å². The molecule has 1 N–H and O–H groups in total. The molecule has 0 saturated heterocycles. The standard InChI is InChI=1S/C10H21NO3/c1-4-5-6-11(7-8-12)10(13)9(2)14-3/h9,12H,4-8H2,1-3H3. The van der Waals surface area contributed by atoms with Crippen LogP contribution in [0.3, 0.4) is 0 Å². The van der Waals surface area contributed by atoms with Crippen molar-refractivity contribution in [3.63, 3.8) is 0 Å². The number of aliphatic hydroxyl groups excluding tert-OH is 1. The van der Waals surface area contributed by atoms with Crippen molar-refractivity contribution in [2.45, 2.75) is 32.8 Å². The first-order chi connectivity index (χ1) is 6.67. The number of hydrogen-bond donors (Lipinski definition) is 1. The third-order valence-electron chi connectivity index (χ3n) is 2.16. The van der Waals surface area contributed by atoms with E-state index in [1.54, 1.807) is 11.8 Å². The normalized spacial score (nSPS) is 12.6. The molecule has 14 heavy (non-hydrogen) atoms. The minimum Gasteiger partial charge on any atom is -0.395 e. The van der Waals surface area contributed by atoms with Gasteiger partial charge in [0.25, 0.3) is 5.91 Å². The van der Waals surface area contributed by atoms with Crippen molar-refractivity contribution in [2.75, 3.05) is 26.8 Å². The molecular weight excluding hydrogens is 182 g/mol. The molecule has 0 aliphatic carbocycles. The summed E-state index contributed by atoms with van der Waals surface area (Å²) in [7, 11) is 1.51. The summed E-state index contributed by atoms with van der Waals surface area (Å²) in [6.45, 7) is 4.89. The summed E-state index contributed by atoms with van der Waals surface area (Å²) in [5.41, 5.74) is 0. The largest absolute Gasteiger partial charge is 0.395 e. The SMILES string of the molecule is CCCCN(CCO)C(=O)C(C)OC. The Kier molecular flexibility index (Phi) is 7.42. The number of amides is 1. The van der Waals surface area contributed by atoms with Gasteiger partial charge in [0, 0.05) is 20.2 Å². The molecule has 4 heteroatoms. The highest BCUT2D eigenvalue weighted by Gasteiger charge is 2.18. The molecule has 1 amide bonds. The molecule has 0 aromatic heterocycles. The van der Waals surface area contributed by atoms with Crippen LogP contribution in [0, 0.1) is 0 Å². The van der Waals surface area contributed by atoms with Crippen LogP contribution in [0.25, 0.3) is 0 Å². The number of carbonyl (C=O) groups excluding carboxylic acids is 1. The first kappa shape index (κ1) is 13.4. The number of carbonyl (C=O) groups is 1. The molecule has 0 bridgehead atoms. The molecular formula is C10H21NO3. The fourth-order valence-electron chi connectivity index (χ4n) is 1.16. The monoisotopic (exact) mass is 203 g/mol. The first-order valence-electron chi connectivity index (χ1n) is 5.09. The Labute approximate surface area is 85.9 Å². The van der Waals surface area contributed by atoms with E-state index in [1.807, 2.05) is 0 Å². The molecule has 0 heterocycles. The number of methoxy groups -OCH3 is 1. The Morgan fingerprint density at radius 1 is 1.50 bits per heavy atom. The van der Waals surface area contributed by atoms with E-state index in [2.05, 4.69) is 6.92 Å². The average Bonchev–Trinajstić information content (AvgIpc) is 2.22. The molecule has 0 aliphatic rings. The van der Waals surface area contributed by atoms with Crippen molar-refractivity contribution in [3.8, 4) is 0 Å². The highest BCUT2D eigenvalue weighted by atomic mass is 16.5. The molecule has 4 nitrogen and oxygen atoms in total. The van der Waals surface area contributed by atoms with Gasteiger partial charge >= 0.3 is 0 Å². The second kappa shape index (κ2) is 7.76. The Morgan fingerprint density at radius 3 is 2.57 bits per heavy atom. The fourth-order valence-corrected chi connectivity index (χ4v) is 1.16. The second-order valence-corrected chi connectivity index (χ2v) is 3.28. The van der Waals surface area contributed by atoms with E-state index in [0.29, 0.717) is 13.1 Å². The van der Waals surface area contributed by atoms with Crippen LogP contribution in [0.2, 0.25) is 0 Å². The molecule has 1 atom stereocenters. The predicted molar refractivity (Wildman–Crippen MR) is 55.0 cm³/mol. The van der Waals surface area contributed by atoms with Crippen LogP contribution >= 0.6 is 0 Å².